The van der Waals surface area contributed by atoms with E-state index in [0.29, 0.717) is 31.1 Å². The number of benzene rings is 2. The molecule has 1 aromatic heterocycles. The van der Waals surface area contributed by atoms with Crippen LogP contribution in [0.4, 0.5) is 5.13 Å². The summed E-state index contributed by atoms with van der Waals surface area (Å²) >= 11 is 1.54. The lowest BCUT2D eigenvalue weighted by atomic mass is 9.87. The van der Waals surface area contributed by atoms with Gasteiger partial charge in [0, 0.05) is 37.1 Å². The molecule has 0 unspecified atom stereocenters. The first-order valence-electron chi connectivity index (χ1n) is 11.2. The van der Waals surface area contributed by atoms with E-state index >= 15 is 0 Å². The lowest BCUT2D eigenvalue weighted by molar-refractivity contribution is 0.384. The Morgan fingerprint density at radius 3 is 2.21 bits per heavy atom. The zero-order chi connectivity index (χ0) is 24.5. The Morgan fingerprint density at radius 1 is 0.941 bits per heavy atom. The number of sulfonamides is 1. The fourth-order valence-corrected chi connectivity index (χ4v) is 6.24. The highest BCUT2D eigenvalue weighted by Gasteiger charge is 2.30. The molecule has 2 heterocycles. The molecule has 182 valence electrons. The quantitative estimate of drug-likeness (QED) is 0.490. The predicted octanol–water partition coefficient (Wildman–Crippen LogP) is 4.64. The van der Waals surface area contributed by atoms with Crippen LogP contribution in [0.1, 0.15) is 26.3 Å². The van der Waals surface area contributed by atoms with Crippen LogP contribution in [0.3, 0.4) is 0 Å². The Kier molecular flexibility index (Phi) is 6.89. The van der Waals surface area contributed by atoms with Crippen LogP contribution in [-0.4, -0.2) is 58.1 Å². The van der Waals surface area contributed by atoms with Gasteiger partial charge in [-0.2, -0.15) is 4.31 Å². The van der Waals surface area contributed by atoms with Crippen LogP contribution in [0.2, 0.25) is 0 Å². The molecule has 0 spiro atoms. The molecule has 0 amide bonds. The molecular weight excluding hydrogens is 470 g/mol. The molecule has 4 rings (SSSR count). The number of methoxy groups -OCH3 is 2. The van der Waals surface area contributed by atoms with E-state index in [0.717, 1.165) is 33.5 Å². The highest BCUT2D eigenvalue weighted by atomic mass is 32.2. The second-order valence-electron chi connectivity index (χ2n) is 9.25. The number of aromatic nitrogens is 1. The predicted molar refractivity (Wildman–Crippen MR) is 137 cm³/mol. The van der Waals surface area contributed by atoms with Crippen molar-refractivity contribution in [1.82, 2.24) is 9.29 Å². The highest BCUT2D eigenvalue weighted by molar-refractivity contribution is 7.89. The summed E-state index contributed by atoms with van der Waals surface area (Å²) in [4.78, 5) is 7.28. The van der Waals surface area contributed by atoms with Crippen LogP contribution in [0.15, 0.2) is 52.7 Å². The Bertz CT molecular complexity index is 1240. The van der Waals surface area contributed by atoms with Crippen LogP contribution in [0.25, 0.3) is 11.3 Å². The van der Waals surface area contributed by atoms with E-state index in [9.17, 15) is 8.42 Å². The van der Waals surface area contributed by atoms with E-state index in [1.807, 2.05) is 35.7 Å². The van der Waals surface area contributed by atoms with Gasteiger partial charge in [-0.3, -0.25) is 0 Å². The molecule has 0 aliphatic carbocycles. The maximum atomic E-state index is 13.2. The van der Waals surface area contributed by atoms with Crippen molar-refractivity contribution >= 4 is 26.5 Å². The Hall–Kier alpha value is -2.62. The molecule has 34 heavy (non-hydrogen) atoms. The van der Waals surface area contributed by atoms with Crippen LogP contribution in [0, 0.1) is 0 Å². The standard InChI is InChI=1S/C25H31N3O4S2/c1-25(2,3)18-6-9-20(10-7-18)34(29,30)28-14-12-27(13-15-28)24-26-22(17-33-24)21-16-19(31-4)8-11-23(21)32-5/h6-11,16-17H,12-15H2,1-5H3. The minimum atomic E-state index is -3.53. The number of hydrogen-bond donors (Lipinski definition) is 0. The molecule has 1 aliphatic heterocycles. The van der Waals surface area contributed by atoms with Crippen molar-refractivity contribution in [2.75, 3.05) is 45.3 Å². The minimum absolute atomic E-state index is 0.0185. The Balaban J connectivity index is 1.46. The van der Waals surface area contributed by atoms with Crippen molar-refractivity contribution in [3.63, 3.8) is 0 Å². The van der Waals surface area contributed by atoms with Crippen LogP contribution in [0.5, 0.6) is 11.5 Å². The van der Waals surface area contributed by atoms with Gasteiger partial charge >= 0.3 is 0 Å². The summed E-state index contributed by atoms with van der Waals surface area (Å²) in [5, 5.41) is 2.86. The van der Waals surface area contributed by atoms with Gasteiger partial charge in [-0.15, -0.1) is 11.3 Å². The van der Waals surface area contributed by atoms with E-state index in [1.165, 1.54) is 0 Å². The molecule has 0 bridgehead atoms. The summed E-state index contributed by atoms with van der Waals surface area (Å²) in [6.45, 7) is 8.35. The van der Waals surface area contributed by atoms with Gasteiger partial charge in [-0.1, -0.05) is 32.9 Å². The molecule has 9 heteroatoms. The average molecular weight is 502 g/mol. The van der Waals surface area contributed by atoms with E-state index in [1.54, 1.807) is 42.0 Å². The average Bonchev–Trinajstić information content (AvgIpc) is 3.33. The number of anilines is 1. The molecule has 2 aromatic carbocycles. The molecular formula is C25H31N3O4S2. The summed E-state index contributed by atoms with van der Waals surface area (Å²) in [5.41, 5.74) is 2.77. The van der Waals surface area contributed by atoms with Crippen LogP contribution >= 0.6 is 11.3 Å². The van der Waals surface area contributed by atoms with E-state index < -0.39 is 10.0 Å². The molecule has 1 saturated heterocycles. The van der Waals surface area contributed by atoms with Gasteiger partial charge in [0.05, 0.1) is 24.8 Å². The third-order valence-corrected chi connectivity index (χ3v) is 8.86. The van der Waals surface area contributed by atoms with Gasteiger partial charge in [0.25, 0.3) is 0 Å². The number of thiazole rings is 1. The summed E-state index contributed by atoms with van der Waals surface area (Å²) in [7, 11) is -0.262. The third-order valence-electron chi connectivity index (χ3n) is 6.04. The van der Waals surface area contributed by atoms with Crippen molar-refractivity contribution < 1.29 is 17.9 Å². The van der Waals surface area contributed by atoms with E-state index in [-0.39, 0.29) is 5.41 Å². The fraction of sp³-hybridized carbons (Fsp3) is 0.400. The van der Waals surface area contributed by atoms with Crippen LogP contribution < -0.4 is 14.4 Å². The number of rotatable bonds is 6. The summed E-state index contributed by atoms with van der Waals surface area (Å²) in [5.74, 6) is 1.46. The smallest absolute Gasteiger partial charge is 0.243 e. The number of hydrogen-bond acceptors (Lipinski definition) is 7. The maximum absolute atomic E-state index is 13.2. The molecule has 7 nitrogen and oxygen atoms in total. The van der Waals surface area contributed by atoms with Gasteiger partial charge in [-0.05, 0) is 41.3 Å². The monoisotopic (exact) mass is 501 g/mol. The molecule has 0 saturated carbocycles. The summed E-state index contributed by atoms with van der Waals surface area (Å²) < 4.78 is 38.8. The summed E-state index contributed by atoms with van der Waals surface area (Å²) in [6.07, 6.45) is 0. The molecule has 0 atom stereocenters. The van der Waals surface area contributed by atoms with Gasteiger partial charge in [-0.25, -0.2) is 13.4 Å². The number of piperazine rings is 1. The SMILES string of the molecule is COc1ccc(OC)c(-c2csc(N3CCN(S(=O)(=O)c4ccc(C(C)(C)C)cc4)CC3)n2)c1. The number of nitrogens with zero attached hydrogens (tertiary/aromatic N) is 3. The van der Waals surface area contributed by atoms with Gasteiger partial charge in [0.1, 0.15) is 11.5 Å². The van der Waals surface area contributed by atoms with Crippen molar-refractivity contribution in [2.45, 2.75) is 31.1 Å². The highest BCUT2D eigenvalue weighted by Crippen LogP contribution is 2.36. The van der Waals surface area contributed by atoms with Crippen molar-refractivity contribution in [3.8, 4) is 22.8 Å². The maximum Gasteiger partial charge on any atom is 0.243 e. The first kappa shape index (κ1) is 24.5. The van der Waals surface area contributed by atoms with Gasteiger partial charge in [0.2, 0.25) is 10.0 Å². The van der Waals surface area contributed by atoms with Crippen molar-refractivity contribution in [1.29, 1.82) is 0 Å². The third kappa shape index (κ3) is 4.92. The zero-order valence-corrected chi connectivity index (χ0v) is 21.9. The van der Waals surface area contributed by atoms with E-state index in [2.05, 4.69) is 25.7 Å². The second-order valence-corrected chi connectivity index (χ2v) is 12.0. The first-order valence-corrected chi connectivity index (χ1v) is 13.5. The molecule has 1 fully saturated rings. The fourth-order valence-electron chi connectivity index (χ4n) is 3.94. The van der Waals surface area contributed by atoms with Crippen molar-refractivity contribution in [3.05, 3.63) is 53.4 Å². The Morgan fingerprint density at radius 2 is 1.62 bits per heavy atom. The topological polar surface area (TPSA) is 72.0 Å². The Labute approximate surface area is 206 Å². The number of ether oxygens (including phenoxy) is 2. The lowest BCUT2D eigenvalue weighted by Gasteiger charge is -2.33. The normalized spacial score (nSPS) is 15.4. The second kappa shape index (κ2) is 9.56. The molecule has 1 aliphatic rings. The summed E-state index contributed by atoms with van der Waals surface area (Å²) in [6, 6.07) is 12.9. The zero-order valence-electron chi connectivity index (χ0n) is 20.2. The lowest BCUT2D eigenvalue weighted by Crippen LogP contribution is -2.48. The van der Waals surface area contributed by atoms with Gasteiger partial charge < -0.3 is 14.4 Å². The van der Waals surface area contributed by atoms with E-state index in [4.69, 9.17) is 14.5 Å². The molecule has 3 aromatic rings. The molecule has 0 radical (unpaired) electrons. The van der Waals surface area contributed by atoms with Crippen molar-refractivity contribution in [2.24, 2.45) is 0 Å². The molecule has 0 N–H and O–H groups in total. The minimum Gasteiger partial charge on any atom is -0.497 e. The van der Waals surface area contributed by atoms with Crippen LogP contribution in [-0.2, 0) is 15.4 Å². The first-order chi connectivity index (χ1) is 16.1. The van der Waals surface area contributed by atoms with Gasteiger partial charge in [0.15, 0.2) is 5.13 Å². The largest absolute Gasteiger partial charge is 0.497 e.